The average molecular weight is 254 g/mol. The standard InChI is InChI=1S/C11H12NO4S/c1-6(2)8-4-7(16-3)5-9-10(8)11(13)17-12(9,14)15/h4-6H,1-3H3/q-1. The summed E-state index contributed by atoms with van der Waals surface area (Å²) in [5.74, 6) is 0.471. The lowest BCUT2D eigenvalue weighted by molar-refractivity contribution is 0.109. The Labute approximate surface area is 103 Å². The number of benzene rings is 1. The fourth-order valence-electron chi connectivity index (χ4n) is 1.84. The van der Waals surface area contributed by atoms with Crippen LogP contribution in [0.3, 0.4) is 0 Å². The van der Waals surface area contributed by atoms with Gasteiger partial charge >= 0.3 is 0 Å². The number of fused-ring (bicyclic) bond motifs is 1. The number of rotatable bonds is 2. The van der Waals surface area contributed by atoms with Crippen LogP contribution in [0.2, 0.25) is 0 Å². The van der Waals surface area contributed by atoms with Crippen LogP contribution in [0.5, 0.6) is 5.75 Å². The zero-order valence-corrected chi connectivity index (χ0v) is 10.5. The lowest BCUT2D eigenvalue weighted by atomic mass is 9.96. The molecule has 0 aromatic heterocycles. The smallest absolute Gasteiger partial charge is 0.283 e. The number of carbonyl (C=O) groups is 1. The first-order valence-corrected chi connectivity index (χ1v) is 5.91. The van der Waals surface area contributed by atoms with Crippen LogP contribution >= 0.6 is 11.9 Å². The molecule has 5 nitrogen and oxygen atoms in total. The minimum atomic E-state index is -1.97. The second-order valence-corrected chi connectivity index (χ2v) is 5.18. The van der Waals surface area contributed by atoms with E-state index in [9.17, 15) is 15.2 Å². The predicted octanol–water partition coefficient (Wildman–Crippen LogP) is 2.92. The van der Waals surface area contributed by atoms with E-state index in [1.807, 2.05) is 13.8 Å². The van der Waals surface area contributed by atoms with Crippen molar-refractivity contribution in [3.05, 3.63) is 33.7 Å². The summed E-state index contributed by atoms with van der Waals surface area (Å²) in [6, 6.07) is 3.05. The highest BCUT2D eigenvalue weighted by Gasteiger charge is 2.38. The first-order valence-electron chi connectivity index (χ1n) is 5.14. The van der Waals surface area contributed by atoms with Gasteiger partial charge in [-0.1, -0.05) is 13.8 Å². The van der Waals surface area contributed by atoms with Gasteiger partial charge in [-0.3, -0.25) is 9.01 Å². The monoisotopic (exact) mass is 254 g/mol. The van der Waals surface area contributed by atoms with Crippen LogP contribution in [0.1, 0.15) is 35.7 Å². The van der Waals surface area contributed by atoms with E-state index in [0.29, 0.717) is 11.3 Å². The Bertz CT molecular complexity index is 485. The van der Waals surface area contributed by atoms with Crippen LogP contribution in [0.4, 0.5) is 5.69 Å². The number of hydrogen-bond donors (Lipinski definition) is 0. The summed E-state index contributed by atoms with van der Waals surface area (Å²) in [7, 11) is 1.46. The summed E-state index contributed by atoms with van der Waals surface area (Å²) in [6.07, 6.45) is 0. The van der Waals surface area contributed by atoms with E-state index in [2.05, 4.69) is 0 Å². The zero-order valence-electron chi connectivity index (χ0n) is 9.72. The molecule has 0 amide bonds. The Kier molecular flexibility index (Phi) is 2.90. The molecule has 1 aliphatic heterocycles. The van der Waals surface area contributed by atoms with Crippen molar-refractivity contribution in [2.24, 2.45) is 0 Å². The Hall–Kier alpha value is -1.08. The second-order valence-electron chi connectivity index (χ2n) is 4.14. The molecule has 0 bridgehead atoms. The summed E-state index contributed by atoms with van der Waals surface area (Å²) in [6.45, 7) is 3.80. The van der Waals surface area contributed by atoms with Gasteiger partial charge in [0.15, 0.2) is 17.6 Å². The molecule has 92 valence electrons. The lowest BCUT2D eigenvalue weighted by Gasteiger charge is -2.38. The van der Waals surface area contributed by atoms with Gasteiger partial charge in [0.05, 0.1) is 7.11 Å². The topological polar surface area (TPSA) is 72.4 Å². The normalized spacial score (nSPS) is 17.4. The number of carbonyl (C=O) groups excluding carboxylic acids is 1. The molecule has 0 saturated carbocycles. The molecular formula is C11H12NO4S-. The van der Waals surface area contributed by atoms with Crippen LogP contribution in [0.25, 0.3) is 0 Å². The highest BCUT2D eigenvalue weighted by molar-refractivity contribution is 8.14. The molecule has 0 unspecified atom stereocenters. The van der Waals surface area contributed by atoms with E-state index in [4.69, 9.17) is 4.74 Å². The first kappa shape index (κ1) is 12.4. The third-order valence-electron chi connectivity index (χ3n) is 2.68. The maximum absolute atomic E-state index is 11.7. The molecule has 0 aliphatic carbocycles. The third kappa shape index (κ3) is 1.93. The quantitative estimate of drug-likeness (QED) is 0.461. The number of methoxy groups -OCH3 is 1. The Morgan fingerprint density at radius 3 is 2.53 bits per heavy atom. The number of ether oxygens (including phenoxy) is 1. The van der Waals surface area contributed by atoms with Crippen molar-refractivity contribution in [1.29, 1.82) is 0 Å². The van der Waals surface area contributed by atoms with Crippen LogP contribution in [0.15, 0.2) is 12.1 Å². The molecule has 2 rings (SSSR count). The van der Waals surface area contributed by atoms with Crippen molar-refractivity contribution in [1.82, 2.24) is 4.21 Å². The average Bonchev–Trinajstić information content (AvgIpc) is 2.48. The fraction of sp³-hybridized carbons (Fsp3) is 0.364. The van der Waals surface area contributed by atoms with Gasteiger partial charge < -0.3 is 15.2 Å². The van der Waals surface area contributed by atoms with E-state index in [0.717, 1.165) is 0 Å². The van der Waals surface area contributed by atoms with Crippen molar-refractivity contribution < 1.29 is 9.53 Å². The molecule has 0 atom stereocenters. The molecule has 17 heavy (non-hydrogen) atoms. The SMILES string of the molecule is COc1cc(C(C)C)c2c(c1)[N+]([O-])([O-])SC2=O. The second kappa shape index (κ2) is 3.99. The molecule has 1 aliphatic rings. The van der Waals surface area contributed by atoms with Crippen LogP contribution < -0.4 is 8.95 Å². The molecule has 0 spiro atoms. The minimum Gasteiger partial charge on any atom is -0.613 e. The highest BCUT2D eigenvalue weighted by atomic mass is 32.2. The van der Waals surface area contributed by atoms with E-state index in [-0.39, 0.29) is 29.1 Å². The fourth-order valence-corrected chi connectivity index (χ4v) is 2.61. The van der Waals surface area contributed by atoms with Gasteiger partial charge in [0.1, 0.15) is 11.3 Å². The van der Waals surface area contributed by atoms with Gasteiger partial charge in [-0.2, -0.15) is 0 Å². The van der Waals surface area contributed by atoms with Crippen LogP contribution in [-0.2, 0) is 0 Å². The molecule has 0 saturated heterocycles. The summed E-state index contributed by atoms with van der Waals surface area (Å²) in [5.41, 5.74) is 0.863. The van der Waals surface area contributed by atoms with Crippen molar-refractivity contribution >= 4 is 22.8 Å². The summed E-state index contributed by atoms with van der Waals surface area (Å²) in [5, 5.41) is 22.8. The maximum Gasteiger partial charge on any atom is 0.283 e. The van der Waals surface area contributed by atoms with Crippen LogP contribution in [-0.4, -0.2) is 12.2 Å². The Morgan fingerprint density at radius 2 is 2.00 bits per heavy atom. The molecule has 1 heterocycles. The van der Waals surface area contributed by atoms with Gasteiger partial charge in [0.2, 0.25) is 0 Å². The van der Waals surface area contributed by atoms with Crippen molar-refractivity contribution in [2.45, 2.75) is 19.8 Å². The number of nitrogens with zero attached hydrogens (tertiary/aromatic N) is 1. The van der Waals surface area contributed by atoms with E-state index >= 15 is 0 Å². The molecule has 0 N–H and O–H groups in total. The molecular weight excluding hydrogens is 242 g/mol. The summed E-state index contributed by atoms with van der Waals surface area (Å²) >= 11 is 0.234. The van der Waals surface area contributed by atoms with Gasteiger partial charge in [-0.05, 0) is 17.5 Å². The largest absolute Gasteiger partial charge is 0.613 e. The predicted molar refractivity (Wildman–Crippen MR) is 67.5 cm³/mol. The molecule has 1 aromatic rings. The molecule has 6 heteroatoms. The lowest BCUT2D eigenvalue weighted by Crippen LogP contribution is -2.23. The zero-order chi connectivity index (χ0) is 12.8. The number of quaternary nitrogens is 1. The van der Waals surface area contributed by atoms with E-state index < -0.39 is 9.33 Å². The van der Waals surface area contributed by atoms with Gasteiger partial charge in [-0.25, -0.2) is 0 Å². The van der Waals surface area contributed by atoms with Crippen LogP contribution in [0, 0.1) is 10.4 Å². The first-order chi connectivity index (χ1) is 7.86. The number of hydrogen-bond acceptors (Lipinski definition) is 5. The molecule has 0 fully saturated rings. The van der Waals surface area contributed by atoms with Gasteiger partial charge in [0, 0.05) is 6.07 Å². The van der Waals surface area contributed by atoms with Crippen molar-refractivity contribution in [3.63, 3.8) is 0 Å². The Morgan fingerprint density at radius 1 is 1.35 bits per heavy atom. The maximum atomic E-state index is 11.7. The molecule has 0 radical (unpaired) electrons. The minimum absolute atomic E-state index is 0.0431. The van der Waals surface area contributed by atoms with Gasteiger partial charge in [0.25, 0.3) is 5.12 Å². The highest BCUT2D eigenvalue weighted by Crippen LogP contribution is 2.47. The third-order valence-corrected chi connectivity index (χ3v) is 3.49. The Balaban J connectivity index is 2.72. The van der Waals surface area contributed by atoms with E-state index in [1.165, 1.54) is 13.2 Å². The van der Waals surface area contributed by atoms with Crippen molar-refractivity contribution in [3.8, 4) is 5.75 Å². The molecule has 1 aromatic carbocycles. The summed E-state index contributed by atoms with van der Waals surface area (Å²) in [4.78, 5) is 11.7. The summed E-state index contributed by atoms with van der Waals surface area (Å²) < 4.78 is 3.08. The van der Waals surface area contributed by atoms with E-state index in [1.54, 1.807) is 6.07 Å². The van der Waals surface area contributed by atoms with Crippen molar-refractivity contribution in [2.75, 3.05) is 7.11 Å². The van der Waals surface area contributed by atoms with Gasteiger partial charge in [-0.15, -0.1) is 0 Å².